The Morgan fingerprint density at radius 3 is 1.85 bits per heavy atom. The fraction of sp³-hybridized carbons (Fsp3) is 0.316. The average molecular weight is 678 g/mol. The monoisotopic (exact) mass is 676 g/mol. The van der Waals surface area contributed by atoms with Gasteiger partial charge in [-0.1, -0.05) is 83.9 Å². The summed E-state index contributed by atoms with van der Waals surface area (Å²) in [6, 6.07) is 28.1. The normalized spacial score (nSPS) is 16.3. The number of rotatable bonds is 6. The molecule has 2 atom stereocenters. The second-order valence-electron chi connectivity index (χ2n) is 11.4. The van der Waals surface area contributed by atoms with Gasteiger partial charge in [0.15, 0.2) is 0 Å². The molecule has 9 heteroatoms. The van der Waals surface area contributed by atoms with Crippen molar-refractivity contribution >= 4 is 35.1 Å². The van der Waals surface area contributed by atoms with Crippen LogP contribution in [0.1, 0.15) is 59.3 Å². The summed E-state index contributed by atoms with van der Waals surface area (Å²) in [5, 5.41) is 13.0. The van der Waals surface area contributed by atoms with Crippen molar-refractivity contribution < 1.29 is 24.2 Å². The van der Waals surface area contributed by atoms with Gasteiger partial charge in [0.25, 0.3) is 0 Å². The smallest absolute Gasteiger partial charge is 0.308 e. The number of carbonyl (C=O) groups excluding carboxylic acids is 1. The van der Waals surface area contributed by atoms with Gasteiger partial charge in [-0.15, -0.1) is 0 Å². The van der Waals surface area contributed by atoms with Gasteiger partial charge >= 0.3 is 5.97 Å². The van der Waals surface area contributed by atoms with Crippen molar-refractivity contribution in [3.63, 3.8) is 0 Å². The van der Waals surface area contributed by atoms with E-state index in [0.29, 0.717) is 33.1 Å². The van der Waals surface area contributed by atoms with Crippen LogP contribution in [0, 0.1) is 0 Å². The van der Waals surface area contributed by atoms with Gasteiger partial charge < -0.3 is 24.8 Å². The van der Waals surface area contributed by atoms with Crippen LogP contribution in [0.4, 0.5) is 0 Å². The predicted molar refractivity (Wildman–Crippen MR) is 188 cm³/mol. The van der Waals surface area contributed by atoms with Crippen molar-refractivity contribution in [2.45, 2.75) is 51.6 Å². The summed E-state index contributed by atoms with van der Waals surface area (Å²) in [5.74, 6) is 0.329. The number of ether oxygens (including phenoxy) is 2. The molecular formula is C38H42Cl2N2O5. The third-order valence-corrected chi connectivity index (χ3v) is 9.24. The van der Waals surface area contributed by atoms with Crippen LogP contribution >= 0.6 is 23.2 Å². The lowest BCUT2D eigenvalue weighted by Gasteiger charge is -2.35. The molecular weight excluding hydrogens is 635 g/mol. The molecule has 1 amide bonds. The number of aliphatic carboxylic acids is 1. The van der Waals surface area contributed by atoms with Crippen LogP contribution in [0.5, 0.6) is 11.5 Å². The van der Waals surface area contributed by atoms with Crippen LogP contribution in [-0.2, 0) is 35.3 Å². The maximum atomic E-state index is 12.8. The van der Waals surface area contributed by atoms with Crippen molar-refractivity contribution in [2.75, 3.05) is 27.3 Å². The molecule has 0 saturated heterocycles. The predicted octanol–water partition coefficient (Wildman–Crippen LogP) is 7.91. The van der Waals surface area contributed by atoms with Crippen molar-refractivity contribution in [3.05, 3.63) is 128 Å². The number of fused-ring (bicyclic) bond motifs is 2. The van der Waals surface area contributed by atoms with E-state index in [1.807, 2.05) is 23.1 Å². The Balaban J connectivity index is 0.000000176. The van der Waals surface area contributed by atoms with E-state index in [2.05, 4.69) is 61.6 Å². The molecule has 0 unspecified atom stereocenters. The summed E-state index contributed by atoms with van der Waals surface area (Å²) in [6.45, 7) is 6.17. The van der Waals surface area contributed by atoms with Gasteiger partial charge in [0.1, 0.15) is 11.5 Å². The van der Waals surface area contributed by atoms with Crippen LogP contribution in [0.15, 0.2) is 84.9 Å². The van der Waals surface area contributed by atoms with E-state index in [0.717, 1.165) is 25.1 Å². The van der Waals surface area contributed by atoms with Crippen LogP contribution in [0.3, 0.4) is 0 Å². The molecule has 0 spiro atoms. The van der Waals surface area contributed by atoms with Gasteiger partial charge in [-0.05, 0) is 79.8 Å². The molecule has 2 aliphatic rings. The van der Waals surface area contributed by atoms with Gasteiger partial charge in [0.05, 0.1) is 33.1 Å². The molecule has 4 aromatic carbocycles. The lowest BCUT2D eigenvalue weighted by atomic mass is 9.93. The molecule has 0 bridgehead atoms. The third-order valence-electron chi connectivity index (χ3n) is 8.53. The number of carboxylic acids is 1. The third kappa shape index (κ3) is 9.28. The van der Waals surface area contributed by atoms with E-state index >= 15 is 0 Å². The molecule has 2 aliphatic heterocycles. The maximum absolute atomic E-state index is 12.8. The Hall–Kier alpha value is -4.04. The maximum Gasteiger partial charge on any atom is 0.308 e. The fourth-order valence-electron chi connectivity index (χ4n) is 6.04. The van der Waals surface area contributed by atoms with E-state index in [1.54, 1.807) is 31.4 Å². The summed E-state index contributed by atoms with van der Waals surface area (Å²) in [6.07, 6.45) is 2.21. The minimum atomic E-state index is -0.925. The molecule has 4 aromatic rings. The molecule has 2 heterocycles. The Labute approximate surface area is 287 Å². The molecule has 248 valence electrons. The minimum absolute atomic E-state index is 0.0819. The van der Waals surface area contributed by atoms with Crippen molar-refractivity contribution in [1.29, 1.82) is 0 Å². The largest absolute Gasteiger partial charge is 0.496 e. The number of methoxy groups -OCH3 is 2. The number of halogens is 2. The van der Waals surface area contributed by atoms with Gasteiger partial charge in [-0.25, -0.2) is 0 Å². The zero-order chi connectivity index (χ0) is 33.9. The molecule has 0 fully saturated rings. The Morgan fingerprint density at radius 2 is 1.30 bits per heavy atom. The molecule has 0 aromatic heterocycles. The number of hydrogen-bond donors (Lipinski definition) is 2. The first-order valence-corrected chi connectivity index (χ1v) is 16.4. The quantitative estimate of drug-likeness (QED) is 0.216. The van der Waals surface area contributed by atoms with E-state index < -0.39 is 5.97 Å². The first kappa shape index (κ1) is 35.8. The second kappa shape index (κ2) is 17.2. The van der Waals surface area contributed by atoms with Gasteiger partial charge in [0, 0.05) is 33.8 Å². The zero-order valence-electron chi connectivity index (χ0n) is 27.3. The first-order valence-electron chi connectivity index (χ1n) is 15.7. The van der Waals surface area contributed by atoms with E-state index in [9.17, 15) is 9.59 Å². The van der Waals surface area contributed by atoms with Crippen molar-refractivity contribution in [1.82, 2.24) is 10.2 Å². The van der Waals surface area contributed by atoms with E-state index in [1.165, 1.54) is 35.8 Å². The van der Waals surface area contributed by atoms with Crippen LogP contribution < -0.4 is 14.8 Å². The number of carboxylic acid groups (broad SMARTS) is 1. The van der Waals surface area contributed by atoms with Crippen molar-refractivity contribution in [2.24, 2.45) is 0 Å². The van der Waals surface area contributed by atoms with E-state index in [4.69, 9.17) is 37.8 Å². The fourth-order valence-corrected chi connectivity index (χ4v) is 6.50. The Kier molecular flexibility index (Phi) is 13.1. The molecule has 2 N–H and O–H groups in total. The average Bonchev–Trinajstić information content (AvgIpc) is 3.07. The summed E-state index contributed by atoms with van der Waals surface area (Å²) in [4.78, 5) is 25.2. The molecule has 0 aliphatic carbocycles. The number of amides is 1. The van der Waals surface area contributed by atoms with Gasteiger partial charge in [-0.2, -0.15) is 0 Å². The highest BCUT2D eigenvalue weighted by Gasteiger charge is 2.28. The molecule has 0 saturated carbocycles. The van der Waals surface area contributed by atoms with Crippen LogP contribution in [0.2, 0.25) is 10.0 Å². The lowest BCUT2D eigenvalue weighted by Crippen LogP contribution is -2.39. The Morgan fingerprint density at radius 1 is 0.766 bits per heavy atom. The number of benzene rings is 4. The zero-order valence-corrected chi connectivity index (χ0v) is 28.8. The van der Waals surface area contributed by atoms with E-state index in [-0.39, 0.29) is 24.8 Å². The second-order valence-corrected chi connectivity index (χ2v) is 12.2. The molecule has 47 heavy (non-hydrogen) atoms. The number of nitrogens with zero attached hydrogens (tertiary/aromatic N) is 1. The minimum Gasteiger partial charge on any atom is -0.496 e. The first-order chi connectivity index (χ1) is 22.6. The number of nitrogens with one attached hydrogen (secondary N) is 1. The number of hydrogen-bond acceptors (Lipinski definition) is 5. The molecule has 0 radical (unpaired) electrons. The topological polar surface area (TPSA) is 88.1 Å². The lowest BCUT2D eigenvalue weighted by molar-refractivity contribution is -0.136. The standard InChI is InChI=1S/C19H20ClNO2.C10H13N.C9H9ClO3/c1-13-15-7-4-3-6-14(15)10-11-21(13)19(22)12-16-17(20)8-5-9-18(16)23-2;1-8-10-5-3-2-4-9(10)6-7-11-8;1-13-8-4-2-3-7(10)6(8)5-9(11)12/h3-9,13H,10-12H2,1-2H3;2-5,8,11H,6-7H2,1H3;2-4H,5H2,1H3,(H,11,12)/t13-;8-;/m00./s1. The van der Waals surface area contributed by atoms with Crippen molar-refractivity contribution in [3.8, 4) is 11.5 Å². The van der Waals surface area contributed by atoms with Crippen LogP contribution in [-0.4, -0.2) is 49.2 Å². The summed E-state index contributed by atoms with van der Waals surface area (Å²) < 4.78 is 10.3. The van der Waals surface area contributed by atoms with Crippen LogP contribution in [0.25, 0.3) is 0 Å². The number of carbonyl (C=O) groups is 2. The highest BCUT2D eigenvalue weighted by atomic mass is 35.5. The SMILES string of the molecule is COc1cccc(Cl)c1CC(=O)N1CCc2ccccc2[C@@H]1C.COc1cccc(Cl)c1CC(=O)O.C[C@@H]1NCCc2ccccc21. The highest BCUT2D eigenvalue weighted by Crippen LogP contribution is 2.32. The highest BCUT2D eigenvalue weighted by molar-refractivity contribution is 6.32. The van der Waals surface area contributed by atoms with Gasteiger partial charge in [0.2, 0.25) is 5.91 Å². The molecule has 6 rings (SSSR count). The van der Waals surface area contributed by atoms with Gasteiger partial charge in [-0.3, -0.25) is 9.59 Å². The summed E-state index contributed by atoms with van der Waals surface area (Å²) >= 11 is 12.1. The Bertz CT molecular complexity index is 1680. The summed E-state index contributed by atoms with van der Waals surface area (Å²) in [5.41, 5.74) is 6.82. The molecule has 7 nitrogen and oxygen atoms in total. The summed E-state index contributed by atoms with van der Waals surface area (Å²) in [7, 11) is 3.08.